The van der Waals surface area contributed by atoms with Gasteiger partial charge in [-0.3, -0.25) is 4.79 Å². The molecule has 1 rings (SSSR count). The molecule has 0 aromatic heterocycles. The van der Waals surface area contributed by atoms with Crippen molar-refractivity contribution in [1.29, 1.82) is 0 Å². The molecular weight excluding hydrogens is 296 g/mol. The minimum atomic E-state index is -4.61. The normalized spacial score (nSPS) is 11.6. The first-order valence-electron chi connectivity index (χ1n) is 3.81. The van der Waals surface area contributed by atoms with Gasteiger partial charge in [-0.05, 0) is 19.1 Å². The van der Waals surface area contributed by atoms with Crippen LogP contribution >= 0.6 is 27.5 Å². The molecule has 15 heavy (non-hydrogen) atoms. The van der Waals surface area contributed by atoms with E-state index in [-0.39, 0.29) is 9.50 Å². The number of benzene rings is 1. The molecular formula is C9H5BrClF3O. The summed E-state index contributed by atoms with van der Waals surface area (Å²) in [5, 5.41) is -0.196. The first kappa shape index (κ1) is 12.5. The number of alkyl halides is 3. The number of rotatable bonds is 1. The molecule has 0 aliphatic carbocycles. The third-order valence-corrected chi connectivity index (χ3v) is 2.71. The maximum atomic E-state index is 12.6. The van der Waals surface area contributed by atoms with Crippen molar-refractivity contribution in [2.45, 2.75) is 13.1 Å². The van der Waals surface area contributed by atoms with Gasteiger partial charge in [0.2, 0.25) is 0 Å². The Kier molecular flexibility index (Phi) is 3.45. The van der Waals surface area contributed by atoms with Crippen LogP contribution in [0.15, 0.2) is 16.6 Å². The van der Waals surface area contributed by atoms with Gasteiger partial charge in [0.15, 0.2) is 5.78 Å². The Hall–Kier alpha value is -0.550. The topological polar surface area (TPSA) is 17.1 Å². The van der Waals surface area contributed by atoms with Crippen LogP contribution in [0.25, 0.3) is 0 Å². The van der Waals surface area contributed by atoms with Gasteiger partial charge in [-0.2, -0.15) is 13.2 Å². The minimum absolute atomic E-state index is 0.190. The quantitative estimate of drug-likeness (QED) is 0.706. The van der Waals surface area contributed by atoms with E-state index in [0.29, 0.717) is 0 Å². The summed E-state index contributed by atoms with van der Waals surface area (Å²) in [5.74, 6) is -0.714. The van der Waals surface area contributed by atoms with E-state index in [0.717, 1.165) is 13.0 Å². The number of hydrogen-bond donors (Lipinski definition) is 0. The molecule has 6 heteroatoms. The molecule has 0 unspecified atom stereocenters. The molecule has 0 spiro atoms. The van der Waals surface area contributed by atoms with E-state index < -0.39 is 23.1 Å². The fraction of sp³-hybridized carbons (Fsp3) is 0.222. The van der Waals surface area contributed by atoms with E-state index in [9.17, 15) is 18.0 Å². The number of halogens is 5. The second-order valence-electron chi connectivity index (χ2n) is 2.83. The van der Waals surface area contributed by atoms with Gasteiger partial charge in [-0.1, -0.05) is 27.5 Å². The fourth-order valence-corrected chi connectivity index (χ4v) is 2.02. The highest BCUT2D eigenvalue weighted by Crippen LogP contribution is 2.40. The molecule has 0 atom stereocenters. The first-order chi connectivity index (χ1) is 6.75. The SMILES string of the molecule is CC(=O)c1c(Cl)ccc(Br)c1C(F)(F)F. The Balaban J connectivity index is 3.60. The Morgan fingerprint density at radius 2 is 1.93 bits per heavy atom. The van der Waals surface area contributed by atoms with Crippen molar-refractivity contribution < 1.29 is 18.0 Å². The summed E-state index contributed by atoms with van der Waals surface area (Å²) in [6, 6.07) is 2.41. The molecule has 0 aliphatic rings. The molecule has 0 heterocycles. The second kappa shape index (κ2) is 4.14. The lowest BCUT2D eigenvalue weighted by molar-refractivity contribution is -0.138. The van der Waals surface area contributed by atoms with E-state index in [4.69, 9.17) is 11.6 Å². The zero-order valence-corrected chi connectivity index (χ0v) is 9.79. The van der Waals surface area contributed by atoms with Crippen molar-refractivity contribution in [1.82, 2.24) is 0 Å². The molecule has 1 nitrogen and oxygen atoms in total. The van der Waals surface area contributed by atoms with Gasteiger partial charge in [0, 0.05) is 10.0 Å². The van der Waals surface area contributed by atoms with Crippen LogP contribution in [-0.4, -0.2) is 5.78 Å². The van der Waals surface area contributed by atoms with Crippen LogP contribution in [0.2, 0.25) is 5.02 Å². The summed E-state index contributed by atoms with van der Waals surface area (Å²) in [6.07, 6.45) is -4.61. The number of Topliss-reactive ketones (excluding diaryl/α,β-unsaturated/α-hetero) is 1. The average molecular weight is 301 g/mol. The average Bonchev–Trinajstić information content (AvgIpc) is 2.05. The minimum Gasteiger partial charge on any atom is -0.294 e. The predicted molar refractivity (Wildman–Crippen MR) is 54.2 cm³/mol. The van der Waals surface area contributed by atoms with Crippen LogP contribution < -0.4 is 0 Å². The molecule has 0 saturated carbocycles. The maximum Gasteiger partial charge on any atom is 0.418 e. The van der Waals surface area contributed by atoms with Gasteiger partial charge in [0.25, 0.3) is 0 Å². The van der Waals surface area contributed by atoms with Crippen LogP contribution in [0.1, 0.15) is 22.8 Å². The highest BCUT2D eigenvalue weighted by Gasteiger charge is 2.37. The second-order valence-corrected chi connectivity index (χ2v) is 4.09. The number of carbonyl (C=O) groups excluding carboxylic acids is 1. The lowest BCUT2D eigenvalue weighted by Gasteiger charge is -2.14. The van der Waals surface area contributed by atoms with Crippen molar-refractivity contribution >= 4 is 33.3 Å². The van der Waals surface area contributed by atoms with Gasteiger partial charge in [-0.15, -0.1) is 0 Å². The molecule has 1 aromatic carbocycles. The molecule has 1 aromatic rings. The summed E-state index contributed by atoms with van der Waals surface area (Å²) in [7, 11) is 0. The smallest absolute Gasteiger partial charge is 0.294 e. The molecule has 0 fully saturated rings. The van der Waals surface area contributed by atoms with Crippen LogP contribution in [0.5, 0.6) is 0 Å². The molecule has 0 aliphatic heterocycles. The summed E-state index contributed by atoms with van der Waals surface area (Å²) in [4.78, 5) is 11.1. The zero-order valence-electron chi connectivity index (χ0n) is 7.45. The van der Waals surface area contributed by atoms with Gasteiger partial charge in [0.05, 0.1) is 10.6 Å². The third kappa shape index (κ3) is 2.52. The molecule has 0 bridgehead atoms. The largest absolute Gasteiger partial charge is 0.418 e. The fourth-order valence-electron chi connectivity index (χ4n) is 1.17. The Morgan fingerprint density at radius 1 is 1.40 bits per heavy atom. The number of carbonyl (C=O) groups is 1. The first-order valence-corrected chi connectivity index (χ1v) is 4.98. The molecule has 0 saturated heterocycles. The molecule has 0 N–H and O–H groups in total. The number of ketones is 1. The highest BCUT2D eigenvalue weighted by molar-refractivity contribution is 9.10. The van der Waals surface area contributed by atoms with E-state index in [2.05, 4.69) is 15.9 Å². The highest BCUT2D eigenvalue weighted by atomic mass is 79.9. The van der Waals surface area contributed by atoms with Crippen molar-refractivity contribution in [3.05, 3.63) is 32.8 Å². The summed E-state index contributed by atoms with van der Waals surface area (Å²) < 4.78 is 37.6. The summed E-state index contributed by atoms with van der Waals surface area (Å²) in [6.45, 7) is 1.04. The standard InChI is InChI=1S/C9H5BrClF3O/c1-4(15)7-6(11)3-2-5(10)8(7)9(12,13)14/h2-3H,1H3. The van der Waals surface area contributed by atoms with Crippen LogP contribution in [0.4, 0.5) is 13.2 Å². The van der Waals surface area contributed by atoms with Crippen LogP contribution in [-0.2, 0) is 6.18 Å². The van der Waals surface area contributed by atoms with Crippen molar-refractivity contribution in [2.24, 2.45) is 0 Å². The summed E-state index contributed by atoms with van der Waals surface area (Å²) >= 11 is 8.32. The van der Waals surface area contributed by atoms with E-state index in [1.165, 1.54) is 6.07 Å². The zero-order chi connectivity index (χ0) is 11.8. The lowest BCUT2D eigenvalue weighted by Crippen LogP contribution is -2.13. The van der Waals surface area contributed by atoms with Gasteiger partial charge < -0.3 is 0 Å². The van der Waals surface area contributed by atoms with E-state index >= 15 is 0 Å². The van der Waals surface area contributed by atoms with Crippen LogP contribution in [0.3, 0.4) is 0 Å². The lowest BCUT2D eigenvalue weighted by atomic mass is 10.0. The molecule has 0 radical (unpaired) electrons. The van der Waals surface area contributed by atoms with Gasteiger partial charge in [-0.25, -0.2) is 0 Å². The van der Waals surface area contributed by atoms with Gasteiger partial charge >= 0.3 is 6.18 Å². The molecule has 0 amide bonds. The Labute approximate surface area is 97.4 Å². The van der Waals surface area contributed by atoms with Crippen LogP contribution in [0, 0.1) is 0 Å². The monoisotopic (exact) mass is 300 g/mol. The van der Waals surface area contributed by atoms with Crippen molar-refractivity contribution in [3.63, 3.8) is 0 Å². The van der Waals surface area contributed by atoms with Crippen molar-refractivity contribution in [3.8, 4) is 0 Å². The van der Waals surface area contributed by atoms with E-state index in [1.807, 2.05) is 0 Å². The summed E-state index contributed by atoms with van der Waals surface area (Å²) in [5.41, 5.74) is -1.53. The Morgan fingerprint density at radius 3 is 2.27 bits per heavy atom. The third-order valence-electron chi connectivity index (χ3n) is 1.74. The predicted octanol–water partition coefficient (Wildman–Crippen LogP) is 4.32. The maximum absolute atomic E-state index is 12.6. The van der Waals surface area contributed by atoms with E-state index in [1.54, 1.807) is 0 Å². The Bertz CT molecular complexity index is 415. The van der Waals surface area contributed by atoms with Gasteiger partial charge in [0.1, 0.15) is 0 Å². The molecule has 82 valence electrons. The number of hydrogen-bond acceptors (Lipinski definition) is 1. The van der Waals surface area contributed by atoms with Crippen molar-refractivity contribution in [2.75, 3.05) is 0 Å².